The second kappa shape index (κ2) is 6.59. The summed E-state index contributed by atoms with van der Waals surface area (Å²) in [6, 6.07) is 28.7. The van der Waals surface area contributed by atoms with Gasteiger partial charge in [-0.1, -0.05) is 0 Å². The third kappa shape index (κ3) is 2.29. The van der Waals surface area contributed by atoms with Gasteiger partial charge in [-0.2, -0.15) is 0 Å². The van der Waals surface area contributed by atoms with Crippen LogP contribution in [0.1, 0.15) is 29.2 Å². The predicted molar refractivity (Wildman–Crippen MR) is 109 cm³/mol. The van der Waals surface area contributed by atoms with Crippen LogP contribution in [0.2, 0.25) is 4.31 Å². The monoisotopic (exact) mass is 436 g/mol. The Balaban J connectivity index is 1.78. The van der Waals surface area contributed by atoms with E-state index in [9.17, 15) is 4.79 Å². The van der Waals surface area contributed by atoms with Crippen molar-refractivity contribution in [1.29, 1.82) is 0 Å². The summed E-state index contributed by atoms with van der Waals surface area (Å²) in [4.78, 5) is 13.4. The maximum atomic E-state index is 13.4. The molecule has 0 saturated carbocycles. The van der Waals surface area contributed by atoms with Crippen molar-refractivity contribution in [1.82, 2.24) is 0 Å². The molecule has 0 aromatic heterocycles. The van der Waals surface area contributed by atoms with Gasteiger partial charge < -0.3 is 0 Å². The van der Waals surface area contributed by atoms with Crippen LogP contribution >= 0.6 is 0 Å². The zero-order valence-electron chi connectivity index (χ0n) is 15.5. The van der Waals surface area contributed by atoms with Gasteiger partial charge in [-0.25, -0.2) is 0 Å². The fourth-order valence-electron chi connectivity index (χ4n) is 4.67. The molecule has 2 bridgehead atoms. The number of carbonyl (C=O) groups is 1. The molecule has 3 nitrogen and oxygen atoms in total. The zero-order valence-corrected chi connectivity index (χ0v) is 17.2. The first kappa shape index (κ1) is 17.7. The Morgan fingerprint density at radius 2 is 1.61 bits per heavy atom. The number of ether oxygens (including phenoxy) is 2. The van der Waals surface area contributed by atoms with Crippen LogP contribution in [0.5, 0.6) is 0 Å². The summed E-state index contributed by atoms with van der Waals surface area (Å²) >= 11 is -0.167. The summed E-state index contributed by atoms with van der Waals surface area (Å²) in [6.07, 6.45) is 0.543. The zero-order chi connectivity index (χ0) is 19.2. The van der Waals surface area contributed by atoms with Crippen LogP contribution in [0, 0.1) is 0 Å². The van der Waals surface area contributed by atoms with Gasteiger partial charge in [0.2, 0.25) is 0 Å². The molecule has 0 amide bonds. The van der Waals surface area contributed by atoms with Crippen LogP contribution in [0.4, 0.5) is 0 Å². The van der Waals surface area contributed by atoms with Gasteiger partial charge in [0.1, 0.15) is 0 Å². The van der Waals surface area contributed by atoms with E-state index in [1.807, 2.05) is 48.5 Å². The van der Waals surface area contributed by atoms with Gasteiger partial charge in [0.15, 0.2) is 0 Å². The van der Waals surface area contributed by atoms with Gasteiger partial charge in [-0.3, -0.25) is 0 Å². The summed E-state index contributed by atoms with van der Waals surface area (Å²) in [5, 5.41) is 0. The van der Waals surface area contributed by atoms with Gasteiger partial charge >= 0.3 is 171 Å². The molecule has 2 aliphatic heterocycles. The van der Waals surface area contributed by atoms with E-state index >= 15 is 0 Å². The number of rotatable bonds is 4. The van der Waals surface area contributed by atoms with Gasteiger partial charge in [0.05, 0.1) is 0 Å². The van der Waals surface area contributed by atoms with Crippen LogP contribution in [0.15, 0.2) is 84.9 Å². The molecule has 3 aromatic carbocycles. The van der Waals surface area contributed by atoms with Crippen molar-refractivity contribution in [3.05, 3.63) is 102 Å². The molecular formula is C24H20O3Se. The number of hydrogen-bond donors (Lipinski definition) is 0. The molecule has 0 radical (unpaired) electrons. The van der Waals surface area contributed by atoms with Gasteiger partial charge in [-0.15, -0.1) is 0 Å². The van der Waals surface area contributed by atoms with E-state index in [1.54, 1.807) is 0 Å². The van der Waals surface area contributed by atoms with Gasteiger partial charge in [0, 0.05) is 0 Å². The van der Waals surface area contributed by atoms with Crippen LogP contribution in [-0.2, 0) is 19.9 Å². The van der Waals surface area contributed by atoms with Crippen LogP contribution < -0.4 is 4.46 Å². The molecule has 3 atom stereocenters. The van der Waals surface area contributed by atoms with E-state index in [0.717, 1.165) is 11.1 Å². The molecule has 0 aliphatic carbocycles. The average Bonchev–Trinajstić information content (AvgIpc) is 3.28. The predicted octanol–water partition coefficient (Wildman–Crippen LogP) is 3.77. The van der Waals surface area contributed by atoms with Gasteiger partial charge in [-0.05, 0) is 0 Å². The Labute approximate surface area is 170 Å². The van der Waals surface area contributed by atoms with Gasteiger partial charge in [0.25, 0.3) is 0 Å². The molecule has 4 heteroatoms. The molecule has 0 N–H and O–H groups in total. The maximum absolute atomic E-state index is 13.4. The summed E-state index contributed by atoms with van der Waals surface area (Å²) < 4.78 is 12.6. The molecule has 1 saturated heterocycles. The molecule has 0 unspecified atom stereocenters. The Kier molecular flexibility index (Phi) is 4.17. The van der Waals surface area contributed by atoms with Crippen molar-refractivity contribution in [3.63, 3.8) is 0 Å². The second-order valence-corrected chi connectivity index (χ2v) is 10.1. The van der Waals surface area contributed by atoms with E-state index in [4.69, 9.17) is 9.47 Å². The Morgan fingerprint density at radius 3 is 2.32 bits per heavy atom. The van der Waals surface area contributed by atoms with Crippen molar-refractivity contribution in [3.8, 4) is 0 Å². The molecule has 2 aliphatic rings. The standard InChI is InChI=1S/C24H20O3Se/c1-26-22(25)23(28-18-12-6-3-7-13-18)16-21-19-14-8-9-15-20(19)24(23,27-21)17-10-4-2-5-11-17/h2-15,21H,16H2,1H3/t21-,23+,24-/m0/s1. The number of methoxy groups -OCH3 is 1. The number of fused-ring (bicyclic) bond motifs is 5. The molecular weight excluding hydrogens is 415 g/mol. The number of esters is 1. The first-order chi connectivity index (χ1) is 13.7. The van der Waals surface area contributed by atoms with Crippen LogP contribution in [-0.4, -0.2) is 28.0 Å². The molecule has 28 heavy (non-hydrogen) atoms. The van der Waals surface area contributed by atoms with Crippen LogP contribution in [0.25, 0.3) is 0 Å². The number of carbonyl (C=O) groups excluding carboxylic acids is 1. The molecule has 1 fully saturated rings. The Bertz CT molecular complexity index is 1020. The normalized spacial score (nSPS) is 27.4. The fraction of sp³-hybridized carbons (Fsp3) is 0.208. The fourth-order valence-corrected chi connectivity index (χ4v) is 7.86. The molecule has 5 rings (SSSR count). The molecule has 140 valence electrons. The van der Waals surface area contributed by atoms with E-state index in [-0.39, 0.29) is 27.0 Å². The van der Waals surface area contributed by atoms with Crippen molar-refractivity contribution in [2.24, 2.45) is 0 Å². The SMILES string of the molecule is COC(=O)[C@]1([Se]c2ccccc2)C[C@@H]2O[C@@]1(c1ccccc1)c1ccccc12. The minimum absolute atomic E-state index is 0.0962. The number of hydrogen-bond acceptors (Lipinski definition) is 3. The molecule has 0 spiro atoms. The van der Waals surface area contributed by atoms with E-state index in [0.29, 0.717) is 6.42 Å². The quantitative estimate of drug-likeness (QED) is 0.463. The minimum atomic E-state index is -0.821. The van der Waals surface area contributed by atoms with Crippen molar-refractivity contribution in [2.75, 3.05) is 7.11 Å². The van der Waals surface area contributed by atoms with Crippen molar-refractivity contribution in [2.45, 2.75) is 22.4 Å². The van der Waals surface area contributed by atoms with E-state index in [2.05, 4.69) is 36.4 Å². The first-order valence-corrected chi connectivity index (χ1v) is 11.1. The molecule has 2 heterocycles. The Morgan fingerprint density at radius 1 is 0.964 bits per heavy atom. The third-order valence-corrected chi connectivity index (χ3v) is 8.88. The van der Waals surface area contributed by atoms with E-state index in [1.165, 1.54) is 17.1 Å². The summed E-state index contributed by atoms with van der Waals surface area (Å²) in [7, 11) is 1.49. The summed E-state index contributed by atoms with van der Waals surface area (Å²) in [6.45, 7) is 0. The average molecular weight is 435 g/mol. The summed E-state index contributed by atoms with van der Waals surface area (Å²) in [5.74, 6) is -0.183. The van der Waals surface area contributed by atoms with E-state index < -0.39 is 9.91 Å². The first-order valence-electron chi connectivity index (χ1n) is 9.36. The summed E-state index contributed by atoms with van der Waals surface area (Å²) in [5.41, 5.74) is 2.49. The van der Waals surface area contributed by atoms with Crippen molar-refractivity contribution < 1.29 is 14.3 Å². The molecule has 3 aromatic rings. The third-order valence-electron chi connectivity index (χ3n) is 5.78. The van der Waals surface area contributed by atoms with Crippen molar-refractivity contribution >= 4 is 25.4 Å². The Hall–Kier alpha value is -2.39. The number of benzene rings is 3. The second-order valence-electron chi connectivity index (χ2n) is 7.18. The topological polar surface area (TPSA) is 35.5 Å². The van der Waals surface area contributed by atoms with Crippen LogP contribution in [0.3, 0.4) is 0 Å².